The Morgan fingerprint density at radius 2 is 1.40 bits per heavy atom. The Morgan fingerprint density at radius 1 is 0.800 bits per heavy atom. The number of para-hydroxylation sites is 1. The molecule has 4 aromatic rings. The third-order valence-corrected chi connectivity index (χ3v) is 9.42. The molecule has 2 amide bonds. The van der Waals surface area contributed by atoms with Gasteiger partial charge in [0.2, 0.25) is 11.8 Å². The molecule has 1 atom stereocenters. The Kier molecular flexibility index (Phi) is 11.9. The molecule has 0 fully saturated rings. The Hall–Kier alpha value is -4.50. The number of aryl methyl sites for hydroxylation is 1. The lowest BCUT2D eigenvalue weighted by Gasteiger charge is -2.34. The number of amides is 2. The minimum atomic E-state index is -4.21. The van der Waals surface area contributed by atoms with E-state index in [0.717, 1.165) is 28.3 Å². The molecule has 0 aromatic heterocycles. The molecule has 0 unspecified atom stereocenters. The molecule has 7 nitrogen and oxygen atoms in total. The summed E-state index contributed by atoms with van der Waals surface area (Å²) in [7, 11) is -4.21. The van der Waals surface area contributed by atoms with Crippen molar-refractivity contribution in [2.24, 2.45) is 0 Å². The van der Waals surface area contributed by atoms with Crippen LogP contribution in [0.5, 0.6) is 0 Å². The Bertz CT molecular complexity index is 1670. The van der Waals surface area contributed by atoms with E-state index in [1.165, 1.54) is 23.1 Å². The third kappa shape index (κ3) is 8.57. The molecule has 0 aliphatic rings. The first-order valence-corrected chi connectivity index (χ1v) is 16.7. The largest absolute Gasteiger partial charge is 0.354 e. The number of nitrogens with one attached hydrogen (secondary N) is 1. The van der Waals surface area contributed by atoms with Gasteiger partial charge in [-0.3, -0.25) is 13.9 Å². The van der Waals surface area contributed by atoms with E-state index < -0.39 is 34.3 Å². The molecule has 0 aliphatic heterocycles. The second-order valence-corrected chi connectivity index (χ2v) is 12.6. The van der Waals surface area contributed by atoms with Crippen LogP contribution in [0.1, 0.15) is 43.4 Å². The van der Waals surface area contributed by atoms with Crippen LogP contribution in [0.15, 0.2) is 114 Å². The molecule has 0 spiro atoms. The second-order valence-electron chi connectivity index (χ2n) is 10.8. The number of benzene rings is 4. The monoisotopic (exact) mass is 629 g/mol. The Morgan fingerprint density at radius 3 is 2.04 bits per heavy atom. The fourth-order valence-electron chi connectivity index (χ4n) is 5.16. The number of halogens is 1. The van der Waals surface area contributed by atoms with Gasteiger partial charge in [0.15, 0.2) is 0 Å². The van der Waals surface area contributed by atoms with Crippen LogP contribution in [-0.4, -0.2) is 44.3 Å². The maximum atomic E-state index is 15.0. The highest BCUT2D eigenvalue weighted by molar-refractivity contribution is 7.92. The smallest absolute Gasteiger partial charge is 0.264 e. The summed E-state index contributed by atoms with van der Waals surface area (Å²) in [6.07, 6.45) is 2.31. The van der Waals surface area contributed by atoms with Crippen molar-refractivity contribution in [3.05, 3.63) is 132 Å². The van der Waals surface area contributed by atoms with Crippen molar-refractivity contribution in [3.8, 4) is 0 Å². The lowest BCUT2D eigenvalue weighted by molar-refractivity contribution is -0.140. The van der Waals surface area contributed by atoms with E-state index in [1.54, 1.807) is 48.5 Å². The predicted octanol–water partition coefficient (Wildman–Crippen LogP) is 6.14. The van der Waals surface area contributed by atoms with E-state index in [4.69, 9.17) is 0 Å². The van der Waals surface area contributed by atoms with Crippen molar-refractivity contribution >= 4 is 27.5 Å². The summed E-state index contributed by atoms with van der Waals surface area (Å²) in [5.41, 5.74) is 2.14. The van der Waals surface area contributed by atoms with Gasteiger partial charge in [-0.1, -0.05) is 105 Å². The van der Waals surface area contributed by atoms with Crippen LogP contribution >= 0.6 is 0 Å². The fourth-order valence-corrected chi connectivity index (χ4v) is 6.63. The van der Waals surface area contributed by atoms with Gasteiger partial charge < -0.3 is 10.2 Å². The maximum Gasteiger partial charge on any atom is 0.264 e. The van der Waals surface area contributed by atoms with E-state index in [0.29, 0.717) is 18.7 Å². The summed E-state index contributed by atoms with van der Waals surface area (Å²) < 4.78 is 44.5. The van der Waals surface area contributed by atoms with Gasteiger partial charge in [-0.25, -0.2) is 12.8 Å². The number of anilines is 1. The van der Waals surface area contributed by atoms with Crippen LogP contribution in [0.4, 0.5) is 10.1 Å². The van der Waals surface area contributed by atoms with Gasteiger partial charge in [-0.15, -0.1) is 0 Å². The molecular formula is C36H40FN3O4S. The van der Waals surface area contributed by atoms with Crippen LogP contribution in [0.2, 0.25) is 0 Å². The lowest BCUT2D eigenvalue weighted by Crippen LogP contribution is -2.53. The summed E-state index contributed by atoms with van der Waals surface area (Å²) in [5, 5.41) is 2.94. The molecule has 1 N–H and O–H groups in total. The Balaban J connectivity index is 1.82. The van der Waals surface area contributed by atoms with Crippen molar-refractivity contribution in [3.63, 3.8) is 0 Å². The van der Waals surface area contributed by atoms with Crippen molar-refractivity contribution in [1.82, 2.24) is 10.2 Å². The van der Waals surface area contributed by atoms with Crippen LogP contribution in [0, 0.1) is 5.82 Å². The number of carbonyl (C=O) groups is 2. The minimum Gasteiger partial charge on any atom is -0.354 e. The van der Waals surface area contributed by atoms with Gasteiger partial charge >= 0.3 is 0 Å². The summed E-state index contributed by atoms with van der Waals surface area (Å²) >= 11 is 0. The first-order valence-electron chi connectivity index (χ1n) is 15.3. The van der Waals surface area contributed by atoms with E-state index in [-0.39, 0.29) is 29.3 Å². The molecule has 0 saturated heterocycles. The van der Waals surface area contributed by atoms with Gasteiger partial charge in [0.1, 0.15) is 18.4 Å². The average molecular weight is 630 g/mol. The van der Waals surface area contributed by atoms with Gasteiger partial charge in [0.05, 0.1) is 10.6 Å². The molecule has 4 aromatic carbocycles. The first-order chi connectivity index (χ1) is 21.8. The molecule has 0 aliphatic carbocycles. The molecule has 0 bridgehead atoms. The SMILES string of the molecule is CCCCNC(=O)[C@H](Cc1ccccc1)N(Cc1ccccc1F)C(=O)CN(c1ccccc1CC)S(=O)(=O)c1ccccc1. The normalized spacial score (nSPS) is 11.9. The summed E-state index contributed by atoms with van der Waals surface area (Å²) in [6, 6.07) is 29.3. The highest BCUT2D eigenvalue weighted by atomic mass is 32.2. The second kappa shape index (κ2) is 16.0. The predicted molar refractivity (Wildman–Crippen MR) is 176 cm³/mol. The molecule has 9 heteroatoms. The number of nitrogens with zero attached hydrogens (tertiary/aromatic N) is 2. The number of hydrogen-bond acceptors (Lipinski definition) is 4. The fraction of sp³-hybridized carbons (Fsp3) is 0.278. The molecule has 4 rings (SSSR count). The molecule has 0 heterocycles. The van der Waals surface area contributed by atoms with E-state index in [2.05, 4.69) is 5.32 Å². The van der Waals surface area contributed by atoms with Crippen LogP contribution in [0.25, 0.3) is 0 Å². The summed E-state index contributed by atoms with van der Waals surface area (Å²) in [6.45, 7) is 3.53. The van der Waals surface area contributed by atoms with Crippen molar-refractivity contribution < 1.29 is 22.4 Å². The third-order valence-electron chi connectivity index (χ3n) is 7.65. The highest BCUT2D eigenvalue weighted by Gasteiger charge is 2.35. The number of sulfonamides is 1. The standard InChI is InChI=1S/C36H40FN3O4S/c1-3-5-24-38-36(42)34(25-28-16-8-6-9-17-28)39(26-30-19-12-14-22-32(30)37)35(41)27-40(33-23-15-13-18-29(33)4-2)45(43,44)31-20-10-7-11-21-31/h6-23,34H,3-5,24-27H2,1-2H3,(H,38,42)/t34-/m0/s1. The first kappa shape index (κ1) is 33.4. The van der Waals surface area contributed by atoms with Gasteiger partial charge in [0, 0.05) is 25.1 Å². The average Bonchev–Trinajstić information content (AvgIpc) is 3.06. The van der Waals surface area contributed by atoms with E-state index >= 15 is 4.39 Å². The zero-order valence-corrected chi connectivity index (χ0v) is 26.5. The zero-order chi connectivity index (χ0) is 32.2. The Labute approximate surface area is 265 Å². The van der Waals surface area contributed by atoms with Crippen molar-refractivity contribution in [2.75, 3.05) is 17.4 Å². The molecule has 0 saturated carbocycles. The summed E-state index contributed by atoms with van der Waals surface area (Å²) in [5.74, 6) is -1.54. The highest BCUT2D eigenvalue weighted by Crippen LogP contribution is 2.28. The number of hydrogen-bond donors (Lipinski definition) is 1. The molecule has 45 heavy (non-hydrogen) atoms. The number of carbonyl (C=O) groups excluding carboxylic acids is 2. The van der Waals surface area contributed by atoms with Gasteiger partial charge in [0.25, 0.3) is 10.0 Å². The maximum absolute atomic E-state index is 15.0. The van der Waals surface area contributed by atoms with Crippen LogP contribution in [-0.2, 0) is 39.0 Å². The van der Waals surface area contributed by atoms with Crippen LogP contribution < -0.4 is 9.62 Å². The number of rotatable bonds is 15. The number of unbranched alkanes of at least 4 members (excludes halogenated alkanes) is 1. The molecule has 236 valence electrons. The van der Waals surface area contributed by atoms with Crippen molar-refractivity contribution in [1.29, 1.82) is 0 Å². The minimum absolute atomic E-state index is 0.0301. The van der Waals surface area contributed by atoms with Crippen LogP contribution in [0.3, 0.4) is 0 Å². The quantitative estimate of drug-likeness (QED) is 0.160. The lowest BCUT2D eigenvalue weighted by atomic mass is 10.0. The molecular weight excluding hydrogens is 589 g/mol. The van der Waals surface area contributed by atoms with Gasteiger partial charge in [-0.05, 0) is 48.2 Å². The molecule has 0 radical (unpaired) electrons. The van der Waals surface area contributed by atoms with E-state index in [1.807, 2.05) is 56.3 Å². The topological polar surface area (TPSA) is 86.8 Å². The van der Waals surface area contributed by atoms with Gasteiger partial charge in [-0.2, -0.15) is 0 Å². The van der Waals surface area contributed by atoms with E-state index in [9.17, 15) is 18.0 Å². The zero-order valence-electron chi connectivity index (χ0n) is 25.7. The van der Waals surface area contributed by atoms with Crippen molar-refractivity contribution in [2.45, 2.75) is 57.0 Å². The summed E-state index contributed by atoms with van der Waals surface area (Å²) in [4.78, 5) is 29.6.